The van der Waals surface area contributed by atoms with Crippen molar-refractivity contribution in [2.45, 2.75) is 19.4 Å². The first kappa shape index (κ1) is 11.8. The highest BCUT2D eigenvalue weighted by Gasteiger charge is 2.07. The minimum absolute atomic E-state index is 0.139. The molecule has 0 saturated heterocycles. The maximum absolute atomic E-state index is 5.78. The lowest BCUT2D eigenvalue weighted by Crippen LogP contribution is -2.17. The molecule has 2 aromatic heterocycles. The molecule has 0 aliphatic rings. The predicted octanol–water partition coefficient (Wildman–Crippen LogP) is 1.71. The number of rotatable bonds is 3. The van der Waals surface area contributed by atoms with Crippen LogP contribution >= 0.6 is 0 Å². The number of hydrogen-bond acceptors (Lipinski definition) is 4. The molecule has 0 spiro atoms. The fourth-order valence-corrected chi connectivity index (χ4v) is 2.07. The Morgan fingerprint density at radius 1 is 1.21 bits per heavy atom. The maximum atomic E-state index is 5.78. The van der Waals surface area contributed by atoms with Crippen LogP contribution in [0.3, 0.4) is 0 Å². The van der Waals surface area contributed by atoms with E-state index in [-0.39, 0.29) is 6.04 Å². The third-order valence-electron chi connectivity index (χ3n) is 2.94. The molecule has 5 heteroatoms. The van der Waals surface area contributed by atoms with Crippen LogP contribution in [0.2, 0.25) is 0 Å². The smallest absolute Gasteiger partial charge is 0.155 e. The normalized spacial score (nSPS) is 12.7. The van der Waals surface area contributed by atoms with Crippen LogP contribution in [-0.4, -0.2) is 26.0 Å². The van der Waals surface area contributed by atoms with E-state index in [0.717, 1.165) is 28.8 Å². The zero-order valence-electron chi connectivity index (χ0n) is 10.7. The van der Waals surface area contributed by atoms with Gasteiger partial charge >= 0.3 is 0 Å². The predicted molar refractivity (Wildman–Crippen MR) is 74.0 cm³/mol. The molecule has 2 N–H and O–H groups in total. The zero-order chi connectivity index (χ0) is 13.2. The maximum Gasteiger partial charge on any atom is 0.155 e. The van der Waals surface area contributed by atoms with Crippen LogP contribution in [0.25, 0.3) is 16.9 Å². The summed E-state index contributed by atoms with van der Waals surface area (Å²) in [5.74, 6) is 0.766. The van der Waals surface area contributed by atoms with Crippen molar-refractivity contribution in [3.63, 3.8) is 0 Å². The first-order valence-corrected chi connectivity index (χ1v) is 6.25. The van der Waals surface area contributed by atoms with Crippen LogP contribution in [0.5, 0.6) is 0 Å². The monoisotopic (exact) mass is 253 g/mol. The third kappa shape index (κ3) is 2.32. The summed E-state index contributed by atoms with van der Waals surface area (Å²) in [5, 5.41) is 8.25. The molecule has 96 valence electrons. The molecule has 5 nitrogen and oxygen atoms in total. The Morgan fingerprint density at radius 2 is 2.05 bits per heavy atom. The minimum Gasteiger partial charge on any atom is -0.328 e. The van der Waals surface area contributed by atoms with E-state index in [4.69, 9.17) is 5.73 Å². The second-order valence-corrected chi connectivity index (χ2v) is 4.70. The minimum atomic E-state index is 0.139. The van der Waals surface area contributed by atoms with E-state index in [9.17, 15) is 0 Å². The average molecular weight is 253 g/mol. The van der Waals surface area contributed by atoms with Crippen molar-refractivity contribution in [3.05, 3.63) is 48.2 Å². The Hall–Kier alpha value is -2.27. The van der Waals surface area contributed by atoms with Crippen molar-refractivity contribution < 1.29 is 0 Å². The quantitative estimate of drug-likeness (QED) is 0.771. The topological polar surface area (TPSA) is 69.6 Å². The largest absolute Gasteiger partial charge is 0.328 e. The van der Waals surface area contributed by atoms with Gasteiger partial charge in [0.1, 0.15) is 5.52 Å². The fourth-order valence-electron chi connectivity index (χ4n) is 2.07. The second kappa shape index (κ2) is 4.78. The molecule has 1 atom stereocenters. The molecular formula is C14H15N5. The molecule has 1 aromatic carbocycles. The summed E-state index contributed by atoms with van der Waals surface area (Å²) in [7, 11) is 0. The van der Waals surface area contributed by atoms with E-state index in [2.05, 4.69) is 15.3 Å². The number of aromatic nitrogens is 4. The Morgan fingerprint density at radius 3 is 2.79 bits per heavy atom. The summed E-state index contributed by atoms with van der Waals surface area (Å²) in [5.41, 5.74) is 8.72. The number of nitrogens with two attached hydrogens (primary N) is 1. The van der Waals surface area contributed by atoms with Crippen molar-refractivity contribution in [1.82, 2.24) is 20.0 Å². The molecule has 0 radical (unpaired) electrons. The van der Waals surface area contributed by atoms with Crippen LogP contribution in [0.1, 0.15) is 12.5 Å². The lowest BCUT2D eigenvalue weighted by atomic mass is 10.1. The summed E-state index contributed by atoms with van der Waals surface area (Å²) in [4.78, 5) is 4.43. The van der Waals surface area contributed by atoms with Gasteiger partial charge in [0.05, 0.1) is 5.52 Å². The Balaban J connectivity index is 1.98. The van der Waals surface area contributed by atoms with Gasteiger partial charge in [-0.05, 0) is 37.1 Å². The van der Waals surface area contributed by atoms with E-state index in [1.54, 1.807) is 4.68 Å². The van der Waals surface area contributed by atoms with Crippen LogP contribution in [0.15, 0.2) is 42.6 Å². The van der Waals surface area contributed by atoms with Gasteiger partial charge in [-0.2, -0.15) is 4.68 Å². The molecule has 3 aromatic rings. The van der Waals surface area contributed by atoms with Crippen LogP contribution < -0.4 is 5.73 Å². The van der Waals surface area contributed by atoms with Gasteiger partial charge in [0.2, 0.25) is 0 Å². The number of fused-ring (bicyclic) bond motifs is 1. The molecule has 0 fully saturated rings. The van der Waals surface area contributed by atoms with Gasteiger partial charge in [0, 0.05) is 12.2 Å². The SMILES string of the molecule is CC(N)Cc1ccc(-n2nnc3ccccc32)nc1. The van der Waals surface area contributed by atoms with E-state index in [1.807, 2.05) is 49.5 Å². The van der Waals surface area contributed by atoms with Gasteiger partial charge in [-0.15, -0.1) is 5.10 Å². The molecule has 19 heavy (non-hydrogen) atoms. The average Bonchev–Trinajstić information content (AvgIpc) is 2.83. The molecule has 0 aliphatic carbocycles. The Kier molecular flexibility index (Phi) is 2.97. The Bertz CT molecular complexity index is 684. The number of para-hydroxylation sites is 1. The molecule has 1 unspecified atom stereocenters. The molecule has 0 bridgehead atoms. The number of benzene rings is 1. The molecule has 2 heterocycles. The second-order valence-electron chi connectivity index (χ2n) is 4.70. The van der Waals surface area contributed by atoms with E-state index < -0.39 is 0 Å². The molecule has 0 amide bonds. The molecule has 0 aliphatic heterocycles. The summed E-state index contributed by atoms with van der Waals surface area (Å²) in [6.07, 6.45) is 2.67. The van der Waals surface area contributed by atoms with Gasteiger partial charge in [0.25, 0.3) is 0 Å². The molecule has 3 rings (SSSR count). The van der Waals surface area contributed by atoms with E-state index in [1.165, 1.54) is 0 Å². The lowest BCUT2D eigenvalue weighted by Gasteiger charge is -2.06. The van der Waals surface area contributed by atoms with Crippen LogP contribution in [0.4, 0.5) is 0 Å². The van der Waals surface area contributed by atoms with Crippen molar-refractivity contribution in [3.8, 4) is 5.82 Å². The third-order valence-corrected chi connectivity index (χ3v) is 2.94. The number of nitrogens with zero attached hydrogens (tertiary/aromatic N) is 4. The van der Waals surface area contributed by atoms with E-state index >= 15 is 0 Å². The van der Waals surface area contributed by atoms with Gasteiger partial charge in [0.15, 0.2) is 5.82 Å². The molecular weight excluding hydrogens is 238 g/mol. The molecule has 0 saturated carbocycles. The highest BCUT2D eigenvalue weighted by molar-refractivity contribution is 5.75. The Labute approximate surface area is 111 Å². The first-order chi connectivity index (χ1) is 9.24. The summed E-state index contributed by atoms with van der Waals surface area (Å²) >= 11 is 0. The van der Waals surface area contributed by atoms with Crippen molar-refractivity contribution in [1.29, 1.82) is 0 Å². The summed E-state index contributed by atoms with van der Waals surface area (Å²) < 4.78 is 1.74. The summed E-state index contributed by atoms with van der Waals surface area (Å²) in [6, 6.07) is 11.9. The van der Waals surface area contributed by atoms with Gasteiger partial charge in [-0.1, -0.05) is 23.4 Å². The zero-order valence-corrected chi connectivity index (χ0v) is 10.7. The van der Waals surface area contributed by atoms with Crippen molar-refractivity contribution in [2.75, 3.05) is 0 Å². The van der Waals surface area contributed by atoms with Crippen molar-refractivity contribution in [2.24, 2.45) is 5.73 Å². The number of pyridine rings is 1. The van der Waals surface area contributed by atoms with E-state index in [0.29, 0.717) is 0 Å². The highest BCUT2D eigenvalue weighted by atomic mass is 15.4. The highest BCUT2D eigenvalue weighted by Crippen LogP contribution is 2.14. The van der Waals surface area contributed by atoms with Crippen LogP contribution in [-0.2, 0) is 6.42 Å². The first-order valence-electron chi connectivity index (χ1n) is 6.25. The van der Waals surface area contributed by atoms with Gasteiger partial charge in [-0.25, -0.2) is 4.98 Å². The van der Waals surface area contributed by atoms with Gasteiger partial charge < -0.3 is 5.73 Å². The summed E-state index contributed by atoms with van der Waals surface area (Å²) in [6.45, 7) is 1.98. The lowest BCUT2D eigenvalue weighted by molar-refractivity contribution is 0.732. The van der Waals surface area contributed by atoms with Crippen LogP contribution in [0, 0.1) is 0 Å². The van der Waals surface area contributed by atoms with Crippen molar-refractivity contribution >= 4 is 11.0 Å². The standard InChI is InChI=1S/C14H15N5/c1-10(15)8-11-6-7-14(16-9-11)19-13-5-3-2-4-12(13)17-18-19/h2-7,9-10H,8,15H2,1H3. The fraction of sp³-hybridized carbons (Fsp3) is 0.214. The number of hydrogen-bond donors (Lipinski definition) is 1. The van der Waals surface area contributed by atoms with Gasteiger partial charge in [-0.3, -0.25) is 0 Å².